The number of fused-ring (bicyclic) bond motifs is 2. The summed E-state index contributed by atoms with van der Waals surface area (Å²) in [7, 11) is 0. The molecule has 3 aromatic rings. The predicted octanol–water partition coefficient (Wildman–Crippen LogP) is 4.88. The molecule has 1 aliphatic rings. The Bertz CT molecular complexity index is 766. The highest BCUT2D eigenvalue weighted by molar-refractivity contribution is 6.11. The molecule has 0 fully saturated rings. The van der Waals surface area contributed by atoms with Gasteiger partial charge >= 0.3 is 0 Å². The van der Waals surface area contributed by atoms with E-state index >= 15 is 0 Å². The number of benzene rings is 3. The first-order valence-electron chi connectivity index (χ1n) is 6.32. The Morgan fingerprint density at radius 1 is 0.737 bits per heavy atom. The van der Waals surface area contributed by atoms with E-state index in [0.717, 1.165) is 5.56 Å². The Morgan fingerprint density at radius 2 is 1.32 bits per heavy atom. The van der Waals surface area contributed by atoms with Crippen LogP contribution < -0.4 is 0 Å². The molecule has 0 heterocycles. The van der Waals surface area contributed by atoms with Crippen molar-refractivity contribution in [2.75, 3.05) is 0 Å². The van der Waals surface area contributed by atoms with Crippen molar-refractivity contribution in [3.05, 3.63) is 83.2 Å². The Labute approximate surface area is 110 Å². The van der Waals surface area contributed by atoms with Crippen molar-refractivity contribution in [3.63, 3.8) is 0 Å². The summed E-state index contributed by atoms with van der Waals surface area (Å²) < 4.78 is 12.9. The molecule has 1 aliphatic carbocycles. The van der Waals surface area contributed by atoms with Crippen molar-refractivity contribution in [2.45, 2.75) is 0 Å². The summed E-state index contributed by atoms with van der Waals surface area (Å²) in [5.74, 6) is -0.193. The second-order valence-corrected chi connectivity index (χ2v) is 4.85. The SMILES string of the molecule is Fc1ccc(C=C2c3cc4ccccc4cc32)cc1. The highest BCUT2D eigenvalue weighted by atomic mass is 19.1. The first-order valence-corrected chi connectivity index (χ1v) is 6.32. The second kappa shape index (κ2) is 3.79. The van der Waals surface area contributed by atoms with Gasteiger partial charge in [0.25, 0.3) is 0 Å². The van der Waals surface area contributed by atoms with Crippen LogP contribution in [0.5, 0.6) is 0 Å². The van der Waals surface area contributed by atoms with Crippen LogP contribution in [0.15, 0.2) is 60.7 Å². The lowest BCUT2D eigenvalue weighted by Gasteiger charge is -1.91. The second-order valence-electron chi connectivity index (χ2n) is 4.85. The smallest absolute Gasteiger partial charge is 0.123 e. The van der Waals surface area contributed by atoms with Crippen LogP contribution in [-0.2, 0) is 0 Å². The molecule has 19 heavy (non-hydrogen) atoms. The largest absolute Gasteiger partial charge is 0.207 e. The third-order valence-corrected chi connectivity index (χ3v) is 3.58. The Kier molecular flexibility index (Phi) is 2.10. The van der Waals surface area contributed by atoms with E-state index in [2.05, 4.69) is 42.5 Å². The number of halogens is 1. The molecule has 3 aromatic carbocycles. The summed E-state index contributed by atoms with van der Waals surface area (Å²) in [5, 5.41) is 2.53. The van der Waals surface area contributed by atoms with Crippen LogP contribution in [0.1, 0.15) is 16.7 Å². The average molecular weight is 246 g/mol. The minimum Gasteiger partial charge on any atom is -0.207 e. The number of hydrogen-bond acceptors (Lipinski definition) is 0. The molecule has 0 spiro atoms. The van der Waals surface area contributed by atoms with Crippen molar-refractivity contribution in [1.82, 2.24) is 0 Å². The zero-order chi connectivity index (χ0) is 12.8. The van der Waals surface area contributed by atoms with Gasteiger partial charge in [0.2, 0.25) is 0 Å². The quantitative estimate of drug-likeness (QED) is 0.449. The van der Waals surface area contributed by atoms with Gasteiger partial charge in [-0.1, -0.05) is 36.4 Å². The summed E-state index contributed by atoms with van der Waals surface area (Å²) in [6, 6.07) is 19.4. The Balaban J connectivity index is 1.78. The molecule has 0 aromatic heterocycles. The van der Waals surface area contributed by atoms with Crippen LogP contribution in [0.25, 0.3) is 22.4 Å². The minimum atomic E-state index is -0.193. The molecule has 0 radical (unpaired) electrons. The maximum Gasteiger partial charge on any atom is 0.123 e. The van der Waals surface area contributed by atoms with E-state index in [1.807, 2.05) is 0 Å². The number of hydrogen-bond donors (Lipinski definition) is 0. The molecular formula is C18H11F. The van der Waals surface area contributed by atoms with E-state index in [-0.39, 0.29) is 5.82 Å². The molecule has 0 amide bonds. The van der Waals surface area contributed by atoms with Gasteiger partial charge in [-0.05, 0) is 63.4 Å². The molecule has 0 atom stereocenters. The third-order valence-electron chi connectivity index (χ3n) is 3.58. The molecule has 90 valence electrons. The van der Waals surface area contributed by atoms with Crippen LogP contribution >= 0.6 is 0 Å². The Hall–Kier alpha value is -2.41. The molecule has 0 saturated heterocycles. The first-order chi connectivity index (χ1) is 9.31. The van der Waals surface area contributed by atoms with E-state index in [4.69, 9.17) is 0 Å². The third kappa shape index (κ3) is 1.75. The summed E-state index contributed by atoms with van der Waals surface area (Å²) in [5.41, 5.74) is 4.92. The first kappa shape index (κ1) is 10.5. The molecule has 0 aliphatic heterocycles. The van der Waals surface area contributed by atoms with Gasteiger partial charge in [0.15, 0.2) is 0 Å². The van der Waals surface area contributed by atoms with Gasteiger partial charge in [-0.2, -0.15) is 0 Å². The van der Waals surface area contributed by atoms with Gasteiger partial charge in [0, 0.05) is 0 Å². The highest BCUT2D eigenvalue weighted by Gasteiger charge is 2.24. The summed E-state index contributed by atoms with van der Waals surface area (Å²) in [4.78, 5) is 0. The molecule has 1 heteroatoms. The minimum absolute atomic E-state index is 0.193. The van der Waals surface area contributed by atoms with Crippen LogP contribution in [-0.4, -0.2) is 0 Å². The number of rotatable bonds is 1. The van der Waals surface area contributed by atoms with Crippen molar-refractivity contribution < 1.29 is 4.39 Å². The van der Waals surface area contributed by atoms with Crippen molar-refractivity contribution >= 4 is 22.4 Å². The van der Waals surface area contributed by atoms with Gasteiger partial charge in [-0.3, -0.25) is 0 Å². The van der Waals surface area contributed by atoms with E-state index < -0.39 is 0 Å². The van der Waals surface area contributed by atoms with Gasteiger partial charge in [-0.25, -0.2) is 4.39 Å². The topological polar surface area (TPSA) is 0 Å². The molecule has 0 unspecified atom stereocenters. The Morgan fingerprint density at radius 3 is 1.89 bits per heavy atom. The monoisotopic (exact) mass is 246 g/mol. The molecule has 4 rings (SSSR count). The summed E-state index contributed by atoms with van der Waals surface area (Å²) in [6.45, 7) is 0. The lowest BCUT2D eigenvalue weighted by atomic mass is 10.1. The van der Waals surface area contributed by atoms with Gasteiger partial charge in [0.1, 0.15) is 5.82 Å². The zero-order valence-corrected chi connectivity index (χ0v) is 10.2. The van der Waals surface area contributed by atoms with Gasteiger partial charge < -0.3 is 0 Å². The average Bonchev–Trinajstić information content (AvgIpc) is 3.11. The highest BCUT2D eigenvalue weighted by Crippen LogP contribution is 2.45. The zero-order valence-electron chi connectivity index (χ0n) is 10.2. The van der Waals surface area contributed by atoms with Crippen molar-refractivity contribution in [3.8, 4) is 0 Å². The maximum atomic E-state index is 12.9. The molecular weight excluding hydrogens is 235 g/mol. The molecule has 0 saturated carbocycles. The summed E-state index contributed by atoms with van der Waals surface area (Å²) in [6.07, 6.45) is 2.11. The fourth-order valence-corrected chi connectivity index (χ4v) is 2.51. The predicted molar refractivity (Wildman–Crippen MR) is 77.3 cm³/mol. The van der Waals surface area contributed by atoms with E-state index in [1.54, 1.807) is 12.1 Å². The fourth-order valence-electron chi connectivity index (χ4n) is 2.51. The maximum absolute atomic E-state index is 12.9. The van der Waals surface area contributed by atoms with E-state index in [9.17, 15) is 4.39 Å². The lowest BCUT2D eigenvalue weighted by molar-refractivity contribution is 0.628. The fraction of sp³-hybridized carbons (Fsp3) is 0. The molecule has 0 N–H and O–H groups in total. The molecule has 0 nitrogen and oxygen atoms in total. The van der Waals surface area contributed by atoms with E-state index in [1.165, 1.54) is 39.6 Å². The molecule has 0 bridgehead atoms. The standard InChI is InChI=1S/C18H11F/c19-15-7-5-12(6-8-15)9-16-17-10-13-3-1-2-4-14(13)11-18(16)17/h1-11H. The van der Waals surface area contributed by atoms with Crippen LogP contribution in [0.4, 0.5) is 4.39 Å². The van der Waals surface area contributed by atoms with Gasteiger partial charge in [0.05, 0.1) is 0 Å². The summed E-state index contributed by atoms with van der Waals surface area (Å²) >= 11 is 0. The normalized spacial score (nSPS) is 12.4. The lowest BCUT2D eigenvalue weighted by Crippen LogP contribution is -1.73. The van der Waals surface area contributed by atoms with Gasteiger partial charge in [-0.15, -0.1) is 0 Å². The van der Waals surface area contributed by atoms with Crippen molar-refractivity contribution in [1.29, 1.82) is 0 Å². The van der Waals surface area contributed by atoms with Crippen LogP contribution in [0.3, 0.4) is 0 Å². The van der Waals surface area contributed by atoms with Crippen LogP contribution in [0.2, 0.25) is 0 Å². The van der Waals surface area contributed by atoms with Crippen molar-refractivity contribution in [2.24, 2.45) is 0 Å². The van der Waals surface area contributed by atoms with E-state index in [0.29, 0.717) is 0 Å². The van der Waals surface area contributed by atoms with Crippen LogP contribution in [0, 0.1) is 5.82 Å².